The van der Waals surface area contributed by atoms with Crippen molar-refractivity contribution in [1.29, 1.82) is 0 Å². The van der Waals surface area contributed by atoms with Crippen LogP contribution >= 0.6 is 0 Å². The predicted octanol–water partition coefficient (Wildman–Crippen LogP) is 3.15. The molecule has 0 spiro atoms. The van der Waals surface area contributed by atoms with Gasteiger partial charge in [-0.1, -0.05) is 18.2 Å². The average Bonchev–Trinajstić information content (AvgIpc) is 2.37. The molecule has 0 aliphatic rings. The molecule has 0 saturated heterocycles. The van der Waals surface area contributed by atoms with Gasteiger partial charge < -0.3 is 4.42 Å². The van der Waals surface area contributed by atoms with Gasteiger partial charge in [-0.05, 0) is 29.8 Å². The van der Waals surface area contributed by atoms with Crippen molar-refractivity contribution in [3.63, 3.8) is 0 Å². The molecule has 0 amide bonds. The average molecular weight is 238 g/mol. The van der Waals surface area contributed by atoms with Crippen molar-refractivity contribution in [2.75, 3.05) is 0 Å². The second kappa shape index (κ2) is 3.81. The summed E-state index contributed by atoms with van der Waals surface area (Å²) >= 11 is 0. The number of carbonyl (C=O) groups is 1. The molecule has 1 aromatic heterocycles. The van der Waals surface area contributed by atoms with Gasteiger partial charge in [0.05, 0.1) is 11.6 Å². The molecule has 1 heterocycles. The fraction of sp³-hybridized carbons (Fsp3) is 0.0667. The normalized spacial score (nSPS) is 10.9. The summed E-state index contributed by atoms with van der Waals surface area (Å²) in [6.45, 7) is 1.52. The molecule has 0 bridgehead atoms. The van der Waals surface area contributed by atoms with Crippen molar-refractivity contribution >= 4 is 27.5 Å². The Kier molecular flexibility index (Phi) is 2.27. The lowest BCUT2D eigenvalue weighted by Crippen LogP contribution is -2.00. The lowest BCUT2D eigenvalue weighted by atomic mass is 9.99. The maximum Gasteiger partial charge on any atom is 0.193 e. The Morgan fingerprint density at radius 2 is 1.89 bits per heavy atom. The number of Topliss-reactive ketones (excluding diaryl/α,β-unsaturated/α-hetero) is 1. The standard InChI is InChI=1S/C15H10O3/c1-9(16)10-3-2-4-12-11(10)5-6-14-15(12)13(17)7-8-18-14/h2-8H,1H3. The first-order chi connectivity index (χ1) is 8.68. The molecule has 3 aromatic rings. The number of benzene rings is 2. The fourth-order valence-corrected chi connectivity index (χ4v) is 2.25. The van der Waals surface area contributed by atoms with Gasteiger partial charge in [0.15, 0.2) is 11.2 Å². The third-order valence-electron chi connectivity index (χ3n) is 3.06. The van der Waals surface area contributed by atoms with Crippen molar-refractivity contribution in [1.82, 2.24) is 0 Å². The molecule has 88 valence electrons. The minimum atomic E-state index is -0.0949. The van der Waals surface area contributed by atoms with Crippen LogP contribution in [-0.2, 0) is 0 Å². The molecule has 0 aliphatic heterocycles. The molecule has 3 heteroatoms. The third kappa shape index (κ3) is 1.44. The largest absolute Gasteiger partial charge is 0.464 e. The Bertz CT molecular complexity index is 828. The van der Waals surface area contributed by atoms with E-state index in [4.69, 9.17) is 4.42 Å². The van der Waals surface area contributed by atoms with Crippen LogP contribution < -0.4 is 5.43 Å². The number of hydrogen-bond acceptors (Lipinski definition) is 3. The molecule has 0 atom stereocenters. The summed E-state index contributed by atoms with van der Waals surface area (Å²) in [4.78, 5) is 23.5. The zero-order valence-electron chi connectivity index (χ0n) is 9.77. The minimum absolute atomic E-state index is 0.0136. The van der Waals surface area contributed by atoms with Crippen LogP contribution in [0.2, 0.25) is 0 Å². The quantitative estimate of drug-likeness (QED) is 0.483. The first-order valence-corrected chi connectivity index (χ1v) is 5.62. The van der Waals surface area contributed by atoms with Crippen LogP contribution in [0.15, 0.2) is 51.9 Å². The molecule has 18 heavy (non-hydrogen) atoms. The van der Waals surface area contributed by atoms with E-state index >= 15 is 0 Å². The van der Waals surface area contributed by atoms with E-state index in [2.05, 4.69) is 0 Å². The van der Waals surface area contributed by atoms with E-state index in [1.165, 1.54) is 19.3 Å². The maximum atomic E-state index is 11.9. The number of ketones is 1. The first-order valence-electron chi connectivity index (χ1n) is 5.62. The fourth-order valence-electron chi connectivity index (χ4n) is 2.25. The molecule has 0 saturated carbocycles. The van der Waals surface area contributed by atoms with Crippen LogP contribution in [0.5, 0.6) is 0 Å². The molecule has 3 nitrogen and oxygen atoms in total. The zero-order valence-corrected chi connectivity index (χ0v) is 9.77. The van der Waals surface area contributed by atoms with Gasteiger partial charge in [0, 0.05) is 11.6 Å². The second-order valence-corrected chi connectivity index (χ2v) is 4.18. The highest BCUT2D eigenvalue weighted by atomic mass is 16.3. The van der Waals surface area contributed by atoms with Crippen LogP contribution in [0.1, 0.15) is 17.3 Å². The highest BCUT2D eigenvalue weighted by Crippen LogP contribution is 2.25. The van der Waals surface area contributed by atoms with Gasteiger partial charge in [0.2, 0.25) is 0 Å². The van der Waals surface area contributed by atoms with Crippen LogP contribution in [-0.4, -0.2) is 5.78 Å². The highest BCUT2D eigenvalue weighted by molar-refractivity contribution is 6.14. The van der Waals surface area contributed by atoms with Crippen molar-refractivity contribution in [2.24, 2.45) is 0 Å². The molecule has 0 radical (unpaired) electrons. The Morgan fingerprint density at radius 1 is 1.06 bits per heavy atom. The van der Waals surface area contributed by atoms with Gasteiger partial charge in [0.1, 0.15) is 5.58 Å². The van der Waals surface area contributed by atoms with Crippen molar-refractivity contribution in [3.05, 3.63) is 58.4 Å². The maximum absolute atomic E-state index is 11.9. The van der Waals surface area contributed by atoms with Gasteiger partial charge >= 0.3 is 0 Å². The van der Waals surface area contributed by atoms with Crippen LogP contribution in [0.3, 0.4) is 0 Å². The molecular formula is C15H10O3. The van der Waals surface area contributed by atoms with Gasteiger partial charge in [-0.25, -0.2) is 0 Å². The van der Waals surface area contributed by atoms with E-state index < -0.39 is 0 Å². The summed E-state index contributed by atoms with van der Waals surface area (Å²) in [6.07, 6.45) is 1.38. The minimum Gasteiger partial charge on any atom is -0.464 e. The summed E-state index contributed by atoms with van der Waals surface area (Å²) < 4.78 is 5.32. The second-order valence-electron chi connectivity index (χ2n) is 4.18. The Hall–Kier alpha value is -2.42. The Morgan fingerprint density at radius 3 is 2.67 bits per heavy atom. The van der Waals surface area contributed by atoms with Crippen molar-refractivity contribution in [3.8, 4) is 0 Å². The monoisotopic (exact) mass is 238 g/mol. The molecule has 2 aromatic carbocycles. The Balaban J connectivity index is 2.61. The third-order valence-corrected chi connectivity index (χ3v) is 3.06. The summed E-state index contributed by atoms with van der Waals surface area (Å²) in [6, 6.07) is 10.3. The molecule has 3 rings (SSSR count). The molecule has 0 N–H and O–H groups in total. The van der Waals surface area contributed by atoms with Gasteiger partial charge in [-0.15, -0.1) is 0 Å². The SMILES string of the molecule is CC(=O)c1cccc2c1ccc1occc(=O)c12. The summed E-state index contributed by atoms with van der Waals surface area (Å²) in [5.74, 6) is -0.0136. The molecule has 0 aliphatic carbocycles. The summed E-state index contributed by atoms with van der Waals surface area (Å²) in [5, 5.41) is 2.07. The smallest absolute Gasteiger partial charge is 0.193 e. The topological polar surface area (TPSA) is 47.3 Å². The summed E-state index contributed by atoms with van der Waals surface area (Å²) in [7, 11) is 0. The first kappa shape index (κ1) is 10.7. The number of carbonyl (C=O) groups excluding carboxylic acids is 1. The molecular weight excluding hydrogens is 228 g/mol. The van der Waals surface area contributed by atoms with Crippen molar-refractivity contribution in [2.45, 2.75) is 6.92 Å². The van der Waals surface area contributed by atoms with E-state index in [1.54, 1.807) is 18.2 Å². The number of fused-ring (bicyclic) bond motifs is 3. The predicted molar refractivity (Wildman–Crippen MR) is 70.0 cm³/mol. The van der Waals surface area contributed by atoms with E-state index in [0.29, 0.717) is 16.5 Å². The van der Waals surface area contributed by atoms with Gasteiger partial charge in [-0.3, -0.25) is 9.59 Å². The van der Waals surface area contributed by atoms with Crippen LogP contribution in [0, 0.1) is 0 Å². The Labute approximate surface area is 103 Å². The number of rotatable bonds is 1. The van der Waals surface area contributed by atoms with Gasteiger partial charge in [-0.2, -0.15) is 0 Å². The van der Waals surface area contributed by atoms with Crippen LogP contribution in [0.4, 0.5) is 0 Å². The zero-order chi connectivity index (χ0) is 12.7. The summed E-state index contributed by atoms with van der Waals surface area (Å²) in [5.41, 5.74) is 1.07. The van der Waals surface area contributed by atoms with E-state index in [9.17, 15) is 9.59 Å². The molecule has 0 unspecified atom stereocenters. The lowest BCUT2D eigenvalue weighted by Gasteiger charge is -2.05. The molecule has 0 fully saturated rings. The van der Waals surface area contributed by atoms with Crippen molar-refractivity contribution < 1.29 is 9.21 Å². The number of hydrogen-bond donors (Lipinski definition) is 0. The van der Waals surface area contributed by atoms with Gasteiger partial charge in [0.25, 0.3) is 0 Å². The van der Waals surface area contributed by atoms with E-state index in [-0.39, 0.29) is 11.2 Å². The lowest BCUT2D eigenvalue weighted by molar-refractivity contribution is 0.101. The van der Waals surface area contributed by atoms with E-state index in [0.717, 1.165) is 10.8 Å². The van der Waals surface area contributed by atoms with E-state index in [1.807, 2.05) is 12.1 Å². The highest BCUT2D eigenvalue weighted by Gasteiger charge is 2.10. The van der Waals surface area contributed by atoms with Crippen LogP contribution in [0.25, 0.3) is 21.7 Å².